The zero-order valence-corrected chi connectivity index (χ0v) is 8.78. The van der Waals surface area contributed by atoms with Gasteiger partial charge in [-0.2, -0.15) is 0 Å². The Morgan fingerprint density at radius 3 is 2.59 bits per heavy atom. The number of aromatic nitrogens is 2. The molecule has 4 N–H and O–H groups in total. The van der Waals surface area contributed by atoms with Gasteiger partial charge in [-0.1, -0.05) is 6.07 Å². The smallest absolute Gasteiger partial charge is 0.326 e. The maximum Gasteiger partial charge on any atom is 0.326 e. The minimum absolute atomic E-state index is 0.395. The van der Waals surface area contributed by atoms with Crippen LogP contribution in [0, 0.1) is 0 Å². The molecule has 0 spiro atoms. The van der Waals surface area contributed by atoms with Crippen LogP contribution in [0.1, 0.15) is 0 Å². The van der Waals surface area contributed by atoms with Gasteiger partial charge in [0.15, 0.2) is 0 Å². The minimum atomic E-state index is -0.503. The van der Waals surface area contributed by atoms with E-state index in [2.05, 4.69) is 9.97 Å². The molecule has 0 fully saturated rings. The Labute approximate surface area is 94.9 Å². The molecule has 5 heteroatoms. The number of fused-ring (bicyclic) bond motifs is 2. The van der Waals surface area contributed by atoms with Crippen LogP contribution < -0.4 is 17.0 Å². The lowest BCUT2D eigenvalue weighted by molar-refractivity contribution is 1.08. The van der Waals surface area contributed by atoms with Crippen LogP contribution in [0.15, 0.2) is 39.9 Å². The Balaban J connectivity index is 2.56. The number of hydrogen-bond donors (Lipinski definition) is 3. The van der Waals surface area contributed by atoms with Crippen LogP contribution in [0.2, 0.25) is 0 Å². The maximum atomic E-state index is 11.6. The molecule has 84 valence electrons. The highest BCUT2D eigenvalue weighted by Crippen LogP contribution is 2.20. The normalized spacial score (nSPS) is 11.1. The summed E-state index contributed by atoms with van der Waals surface area (Å²) in [6.07, 6.45) is 0. The molecule has 0 saturated carbocycles. The van der Waals surface area contributed by atoms with Crippen molar-refractivity contribution in [3.63, 3.8) is 0 Å². The van der Waals surface area contributed by atoms with Gasteiger partial charge >= 0.3 is 5.69 Å². The molecular weight excluding hydrogens is 218 g/mol. The summed E-state index contributed by atoms with van der Waals surface area (Å²) in [5.74, 6) is 0. The monoisotopic (exact) mass is 227 g/mol. The van der Waals surface area contributed by atoms with Gasteiger partial charge in [-0.15, -0.1) is 0 Å². The third-order valence-corrected chi connectivity index (χ3v) is 2.72. The predicted octanol–water partition coefficient (Wildman–Crippen LogP) is 0.952. The summed E-state index contributed by atoms with van der Waals surface area (Å²) in [4.78, 5) is 27.6. The number of aromatic amines is 2. The molecule has 2 aromatic carbocycles. The van der Waals surface area contributed by atoms with E-state index in [0.29, 0.717) is 16.6 Å². The molecule has 0 radical (unpaired) electrons. The molecule has 0 aliphatic rings. The molecule has 0 unspecified atom stereocenters. The fraction of sp³-hybridized carbons (Fsp3) is 0. The highest BCUT2D eigenvalue weighted by atomic mass is 16.2. The largest absolute Gasteiger partial charge is 0.399 e. The lowest BCUT2D eigenvalue weighted by Gasteiger charge is -2.02. The van der Waals surface area contributed by atoms with Crippen molar-refractivity contribution in [2.24, 2.45) is 0 Å². The molecule has 3 rings (SSSR count). The topological polar surface area (TPSA) is 91.7 Å². The molecule has 1 heterocycles. The summed E-state index contributed by atoms with van der Waals surface area (Å²) < 4.78 is 0. The van der Waals surface area contributed by atoms with Gasteiger partial charge < -0.3 is 10.7 Å². The van der Waals surface area contributed by atoms with Crippen molar-refractivity contribution >= 4 is 27.4 Å². The lowest BCUT2D eigenvalue weighted by Crippen LogP contribution is -2.21. The van der Waals surface area contributed by atoms with Crippen LogP contribution in [0.5, 0.6) is 0 Å². The van der Waals surface area contributed by atoms with Crippen molar-refractivity contribution < 1.29 is 0 Å². The molecule has 0 amide bonds. The van der Waals surface area contributed by atoms with Gasteiger partial charge in [0.2, 0.25) is 0 Å². The van der Waals surface area contributed by atoms with Gasteiger partial charge in [-0.3, -0.25) is 9.78 Å². The number of hydrogen-bond acceptors (Lipinski definition) is 3. The Morgan fingerprint density at radius 1 is 0.941 bits per heavy atom. The van der Waals surface area contributed by atoms with Crippen molar-refractivity contribution in [1.29, 1.82) is 0 Å². The lowest BCUT2D eigenvalue weighted by atomic mass is 10.1. The second-order valence-electron chi connectivity index (χ2n) is 3.91. The SMILES string of the molecule is Nc1ccc2cc3[nH]c(=O)[nH]c(=O)c3cc2c1. The quantitative estimate of drug-likeness (QED) is 0.394. The van der Waals surface area contributed by atoms with E-state index in [9.17, 15) is 9.59 Å². The fourth-order valence-electron chi connectivity index (χ4n) is 1.93. The van der Waals surface area contributed by atoms with E-state index < -0.39 is 11.2 Å². The molecular formula is C12H9N3O2. The highest BCUT2D eigenvalue weighted by Gasteiger charge is 2.03. The number of rotatable bonds is 0. The third-order valence-electron chi connectivity index (χ3n) is 2.72. The molecule has 5 nitrogen and oxygen atoms in total. The van der Waals surface area contributed by atoms with Crippen LogP contribution in [-0.2, 0) is 0 Å². The van der Waals surface area contributed by atoms with Gasteiger partial charge in [0.1, 0.15) is 0 Å². The molecule has 1 aromatic heterocycles. The molecule has 0 saturated heterocycles. The predicted molar refractivity (Wildman–Crippen MR) is 67.1 cm³/mol. The van der Waals surface area contributed by atoms with Crippen LogP contribution >= 0.6 is 0 Å². The Morgan fingerprint density at radius 2 is 1.76 bits per heavy atom. The molecule has 17 heavy (non-hydrogen) atoms. The van der Waals surface area contributed by atoms with E-state index in [4.69, 9.17) is 5.73 Å². The second-order valence-corrected chi connectivity index (χ2v) is 3.91. The van der Waals surface area contributed by atoms with Crippen molar-refractivity contribution in [3.05, 3.63) is 51.2 Å². The number of nitrogens with two attached hydrogens (primary N) is 1. The standard InChI is InChI=1S/C12H9N3O2/c13-8-2-1-6-5-10-9(4-7(6)3-8)11(16)15-12(17)14-10/h1-5H,13H2,(H2,14,15,16,17). The van der Waals surface area contributed by atoms with Gasteiger partial charge in [-0.25, -0.2) is 4.79 Å². The zero-order valence-electron chi connectivity index (χ0n) is 8.78. The summed E-state index contributed by atoms with van der Waals surface area (Å²) in [5, 5.41) is 2.24. The van der Waals surface area contributed by atoms with Crippen LogP contribution in [-0.4, -0.2) is 9.97 Å². The first-order valence-corrected chi connectivity index (χ1v) is 5.09. The van der Waals surface area contributed by atoms with E-state index >= 15 is 0 Å². The first-order valence-electron chi connectivity index (χ1n) is 5.09. The highest BCUT2D eigenvalue weighted by molar-refractivity contribution is 5.97. The minimum Gasteiger partial charge on any atom is -0.399 e. The van der Waals surface area contributed by atoms with E-state index in [1.165, 1.54) is 0 Å². The number of nitrogens with one attached hydrogen (secondary N) is 2. The van der Waals surface area contributed by atoms with Crippen molar-refractivity contribution in [1.82, 2.24) is 9.97 Å². The van der Waals surface area contributed by atoms with Gasteiger partial charge in [-0.05, 0) is 35.0 Å². The first-order chi connectivity index (χ1) is 8.13. The Bertz CT molecular complexity index is 846. The second kappa shape index (κ2) is 3.21. The van der Waals surface area contributed by atoms with Crippen molar-refractivity contribution in [3.8, 4) is 0 Å². The Hall–Kier alpha value is -2.56. The average Bonchev–Trinajstić information content (AvgIpc) is 2.27. The zero-order chi connectivity index (χ0) is 12.0. The summed E-state index contributed by atoms with van der Waals surface area (Å²) in [7, 11) is 0. The van der Waals surface area contributed by atoms with E-state index in [1.54, 1.807) is 24.3 Å². The fourth-order valence-corrected chi connectivity index (χ4v) is 1.93. The van der Waals surface area contributed by atoms with Crippen molar-refractivity contribution in [2.75, 3.05) is 5.73 Å². The molecule has 0 aliphatic heterocycles. The molecule has 3 aromatic rings. The number of nitrogen functional groups attached to an aromatic ring is 1. The first kappa shape index (κ1) is 9.65. The molecule has 0 aliphatic carbocycles. The summed E-state index contributed by atoms with van der Waals surface area (Å²) in [6, 6.07) is 8.90. The van der Waals surface area contributed by atoms with Gasteiger partial charge in [0, 0.05) is 5.69 Å². The summed E-state index contributed by atoms with van der Waals surface area (Å²) in [6.45, 7) is 0. The summed E-state index contributed by atoms with van der Waals surface area (Å²) in [5.41, 5.74) is 5.95. The van der Waals surface area contributed by atoms with E-state index in [0.717, 1.165) is 10.8 Å². The number of anilines is 1. The Kier molecular flexibility index (Phi) is 1.82. The maximum absolute atomic E-state index is 11.6. The van der Waals surface area contributed by atoms with E-state index in [1.807, 2.05) is 6.07 Å². The van der Waals surface area contributed by atoms with Crippen LogP contribution in [0.25, 0.3) is 21.7 Å². The number of benzene rings is 2. The van der Waals surface area contributed by atoms with Crippen LogP contribution in [0.3, 0.4) is 0 Å². The van der Waals surface area contributed by atoms with Crippen LogP contribution in [0.4, 0.5) is 5.69 Å². The molecule has 0 atom stereocenters. The number of H-pyrrole nitrogens is 2. The third kappa shape index (κ3) is 1.48. The summed E-state index contributed by atoms with van der Waals surface area (Å²) >= 11 is 0. The average molecular weight is 227 g/mol. The van der Waals surface area contributed by atoms with Crippen molar-refractivity contribution in [2.45, 2.75) is 0 Å². The van der Waals surface area contributed by atoms with Gasteiger partial charge in [0.25, 0.3) is 5.56 Å². The molecule has 0 bridgehead atoms. The van der Waals surface area contributed by atoms with Gasteiger partial charge in [0.05, 0.1) is 10.9 Å². The van der Waals surface area contributed by atoms with E-state index in [-0.39, 0.29) is 0 Å².